The molecular formula is C15H11ClN4. The van der Waals surface area contributed by atoms with Gasteiger partial charge in [0.15, 0.2) is 5.65 Å². The number of hydrogen-bond acceptors (Lipinski definition) is 3. The maximum Gasteiger partial charge on any atom is 0.160 e. The fourth-order valence-corrected chi connectivity index (χ4v) is 2.34. The Kier molecular flexibility index (Phi) is 3.36. The van der Waals surface area contributed by atoms with Gasteiger partial charge < -0.3 is 4.57 Å². The predicted octanol–water partition coefficient (Wildman–Crippen LogP) is 3.09. The molecule has 3 aromatic rings. The summed E-state index contributed by atoms with van der Waals surface area (Å²) in [6.45, 7) is 0.640. The summed E-state index contributed by atoms with van der Waals surface area (Å²) in [6, 6.07) is 13.4. The van der Waals surface area contributed by atoms with Crippen molar-refractivity contribution in [2.75, 3.05) is 0 Å². The average molecular weight is 283 g/mol. The molecule has 0 fully saturated rings. The molecule has 0 amide bonds. The van der Waals surface area contributed by atoms with Gasteiger partial charge in [-0.15, -0.1) is 11.6 Å². The summed E-state index contributed by atoms with van der Waals surface area (Å²) >= 11 is 5.96. The van der Waals surface area contributed by atoms with Crippen LogP contribution >= 0.6 is 11.6 Å². The molecule has 0 aliphatic rings. The molecule has 20 heavy (non-hydrogen) atoms. The number of hydrogen-bond donors (Lipinski definition) is 0. The lowest BCUT2D eigenvalue weighted by atomic mass is 10.1. The predicted molar refractivity (Wildman–Crippen MR) is 77.3 cm³/mol. The molecule has 0 bridgehead atoms. The Labute approximate surface area is 121 Å². The van der Waals surface area contributed by atoms with Crippen LogP contribution in [-0.4, -0.2) is 14.5 Å². The third kappa shape index (κ3) is 2.24. The van der Waals surface area contributed by atoms with Crippen LogP contribution in [0.3, 0.4) is 0 Å². The van der Waals surface area contributed by atoms with E-state index in [1.807, 2.05) is 41.0 Å². The Morgan fingerprint density at radius 3 is 2.70 bits per heavy atom. The highest BCUT2D eigenvalue weighted by molar-refractivity contribution is 6.16. The summed E-state index contributed by atoms with van der Waals surface area (Å²) in [7, 11) is 0. The van der Waals surface area contributed by atoms with Gasteiger partial charge in [0.05, 0.1) is 24.1 Å². The van der Waals surface area contributed by atoms with E-state index in [0.717, 1.165) is 22.6 Å². The van der Waals surface area contributed by atoms with Crippen LogP contribution in [0.2, 0.25) is 0 Å². The average Bonchev–Trinajstić information content (AvgIpc) is 2.86. The van der Waals surface area contributed by atoms with Crippen LogP contribution in [-0.2, 0) is 12.4 Å². The first-order valence-electron chi connectivity index (χ1n) is 6.17. The van der Waals surface area contributed by atoms with Crippen LogP contribution in [0.25, 0.3) is 11.2 Å². The van der Waals surface area contributed by atoms with Crippen LogP contribution in [0.1, 0.15) is 17.0 Å². The summed E-state index contributed by atoms with van der Waals surface area (Å²) in [5.74, 6) is 1.14. The van der Waals surface area contributed by atoms with Gasteiger partial charge in [-0.3, -0.25) is 0 Å². The minimum absolute atomic E-state index is 0.340. The fourth-order valence-electron chi connectivity index (χ4n) is 2.14. The first-order chi connectivity index (χ1) is 9.81. The zero-order valence-electron chi connectivity index (χ0n) is 10.6. The zero-order chi connectivity index (χ0) is 13.9. The highest BCUT2D eigenvalue weighted by atomic mass is 35.5. The number of alkyl halides is 1. The summed E-state index contributed by atoms with van der Waals surface area (Å²) < 4.78 is 2.00. The minimum Gasteiger partial charge on any atom is -0.307 e. The van der Waals surface area contributed by atoms with Crippen molar-refractivity contribution in [1.29, 1.82) is 5.26 Å². The number of rotatable bonds is 3. The van der Waals surface area contributed by atoms with E-state index in [-0.39, 0.29) is 0 Å². The van der Waals surface area contributed by atoms with E-state index in [2.05, 4.69) is 16.0 Å². The third-order valence-corrected chi connectivity index (χ3v) is 3.37. The number of imidazole rings is 1. The zero-order valence-corrected chi connectivity index (χ0v) is 11.4. The van der Waals surface area contributed by atoms with Gasteiger partial charge in [0.2, 0.25) is 0 Å². The standard InChI is InChI=1S/C15H11ClN4/c16-8-14-19-13-2-1-7-18-15(13)20(14)10-12-5-3-11(9-17)4-6-12/h1-7H,8,10H2. The van der Waals surface area contributed by atoms with E-state index in [1.54, 1.807) is 6.20 Å². The van der Waals surface area contributed by atoms with Crippen molar-refractivity contribution in [2.45, 2.75) is 12.4 Å². The SMILES string of the molecule is N#Cc1ccc(Cn2c(CCl)nc3cccnc32)cc1. The first kappa shape index (κ1) is 12.6. The summed E-state index contributed by atoms with van der Waals surface area (Å²) in [5.41, 5.74) is 3.41. The lowest BCUT2D eigenvalue weighted by molar-refractivity contribution is 0.770. The quantitative estimate of drug-likeness (QED) is 0.694. The lowest BCUT2D eigenvalue weighted by Gasteiger charge is -2.07. The summed E-state index contributed by atoms with van der Waals surface area (Å²) in [4.78, 5) is 8.85. The van der Waals surface area contributed by atoms with Gasteiger partial charge in [0.25, 0.3) is 0 Å². The molecule has 0 aliphatic carbocycles. The van der Waals surface area contributed by atoms with Gasteiger partial charge in [-0.05, 0) is 29.8 Å². The summed E-state index contributed by atoms with van der Waals surface area (Å²) in [6.07, 6.45) is 1.75. The second-order valence-corrected chi connectivity index (χ2v) is 4.67. The Morgan fingerprint density at radius 1 is 1.20 bits per heavy atom. The number of halogens is 1. The van der Waals surface area contributed by atoms with Gasteiger partial charge in [0.1, 0.15) is 11.3 Å². The normalized spacial score (nSPS) is 10.6. The highest BCUT2D eigenvalue weighted by Gasteiger charge is 2.10. The van der Waals surface area contributed by atoms with Crippen molar-refractivity contribution < 1.29 is 0 Å². The number of nitriles is 1. The molecule has 1 aromatic carbocycles. The molecular weight excluding hydrogens is 272 g/mol. The lowest BCUT2D eigenvalue weighted by Crippen LogP contribution is -2.04. The number of nitrogens with zero attached hydrogens (tertiary/aromatic N) is 4. The molecule has 3 rings (SSSR count). The van der Waals surface area contributed by atoms with Crippen molar-refractivity contribution >= 4 is 22.8 Å². The van der Waals surface area contributed by atoms with E-state index in [1.165, 1.54) is 0 Å². The van der Waals surface area contributed by atoms with E-state index in [4.69, 9.17) is 16.9 Å². The van der Waals surface area contributed by atoms with Crippen LogP contribution in [0.4, 0.5) is 0 Å². The number of aromatic nitrogens is 3. The molecule has 0 saturated carbocycles. The van der Waals surface area contributed by atoms with Gasteiger partial charge >= 0.3 is 0 Å². The molecule has 0 saturated heterocycles. The monoisotopic (exact) mass is 282 g/mol. The summed E-state index contributed by atoms with van der Waals surface area (Å²) in [5, 5.41) is 8.82. The van der Waals surface area contributed by atoms with Crippen molar-refractivity contribution in [3.63, 3.8) is 0 Å². The molecule has 2 aromatic heterocycles. The van der Waals surface area contributed by atoms with E-state index in [9.17, 15) is 0 Å². The van der Waals surface area contributed by atoms with E-state index >= 15 is 0 Å². The number of benzene rings is 1. The van der Waals surface area contributed by atoms with Crippen LogP contribution in [0.15, 0.2) is 42.6 Å². The van der Waals surface area contributed by atoms with Crippen LogP contribution in [0, 0.1) is 11.3 Å². The Bertz CT molecular complexity index is 784. The molecule has 98 valence electrons. The Balaban J connectivity index is 2.02. The topological polar surface area (TPSA) is 54.5 Å². The molecule has 0 spiro atoms. The van der Waals surface area contributed by atoms with Crippen LogP contribution in [0.5, 0.6) is 0 Å². The highest BCUT2D eigenvalue weighted by Crippen LogP contribution is 2.17. The largest absolute Gasteiger partial charge is 0.307 e. The second kappa shape index (κ2) is 5.32. The molecule has 0 radical (unpaired) electrons. The fraction of sp³-hybridized carbons (Fsp3) is 0.133. The van der Waals surface area contributed by atoms with Gasteiger partial charge in [-0.1, -0.05) is 12.1 Å². The maximum atomic E-state index is 8.82. The molecule has 5 heteroatoms. The van der Waals surface area contributed by atoms with Crippen molar-refractivity contribution in [3.8, 4) is 6.07 Å². The van der Waals surface area contributed by atoms with Crippen molar-refractivity contribution in [3.05, 3.63) is 59.5 Å². The molecule has 0 aliphatic heterocycles. The van der Waals surface area contributed by atoms with Gasteiger partial charge in [-0.25, -0.2) is 9.97 Å². The Hall–Kier alpha value is -2.38. The third-order valence-electron chi connectivity index (χ3n) is 3.13. The maximum absolute atomic E-state index is 8.82. The molecule has 0 unspecified atom stereocenters. The van der Waals surface area contributed by atoms with E-state index in [0.29, 0.717) is 18.0 Å². The number of fused-ring (bicyclic) bond motifs is 1. The van der Waals surface area contributed by atoms with Crippen molar-refractivity contribution in [1.82, 2.24) is 14.5 Å². The molecule has 4 nitrogen and oxygen atoms in total. The van der Waals surface area contributed by atoms with Gasteiger partial charge in [-0.2, -0.15) is 5.26 Å². The second-order valence-electron chi connectivity index (χ2n) is 4.40. The van der Waals surface area contributed by atoms with E-state index < -0.39 is 0 Å². The molecule has 2 heterocycles. The van der Waals surface area contributed by atoms with Gasteiger partial charge in [0, 0.05) is 6.20 Å². The molecule has 0 N–H and O–H groups in total. The smallest absolute Gasteiger partial charge is 0.160 e. The molecule has 0 atom stereocenters. The minimum atomic E-state index is 0.340. The van der Waals surface area contributed by atoms with Crippen molar-refractivity contribution in [2.24, 2.45) is 0 Å². The van der Waals surface area contributed by atoms with Crippen LogP contribution < -0.4 is 0 Å². The number of pyridine rings is 1. The Morgan fingerprint density at radius 2 is 2.00 bits per heavy atom. The first-order valence-corrected chi connectivity index (χ1v) is 6.70.